The minimum Gasteiger partial charge on any atom is -0.478 e. The number of aliphatic carboxylic acids is 2. The van der Waals surface area contributed by atoms with Crippen LogP contribution in [-0.4, -0.2) is 77.2 Å². The first-order chi connectivity index (χ1) is 13.7. The second kappa shape index (κ2) is 8.04. The van der Waals surface area contributed by atoms with E-state index in [1.165, 1.54) is 24.8 Å². The summed E-state index contributed by atoms with van der Waals surface area (Å²) in [4.78, 5) is 56.9. The molecule has 29 heavy (non-hydrogen) atoms. The number of oxime groups is 1. The third kappa shape index (κ3) is 4.00. The summed E-state index contributed by atoms with van der Waals surface area (Å²) in [5.41, 5.74) is 4.90. The van der Waals surface area contributed by atoms with E-state index < -0.39 is 47.0 Å². The topological polar surface area (TPSA) is 197 Å². The van der Waals surface area contributed by atoms with E-state index in [2.05, 4.69) is 19.8 Å². The molecule has 1 aromatic heterocycles. The van der Waals surface area contributed by atoms with Gasteiger partial charge in [0.2, 0.25) is 17.6 Å². The first kappa shape index (κ1) is 20.5. The minimum atomic E-state index is -1.35. The van der Waals surface area contributed by atoms with Gasteiger partial charge in [0.15, 0.2) is 5.13 Å². The van der Waals surface area contributed by atoms with Gasteiger partial charge in [-0.05, 0) is 13.0 Å². The third-order valence-corrected chi connectivity index (χ3v) is 5.60. The van der Waals surface area contributed by atoms with Crippen molar-refractivity contribution in [1.82, 2.24) is 19.6 Å². The number of carboxylic acids is 2. The van der Waals surface area contributed by atoms with Crippen LogP contribution in [0.4, 0.5) is 5.13 Å². The van der Waals surface area contributed by atoms with Crippen molar-refractivity contribution in [2.75, 3.05) is 11.5 Å². The summed E-state index contributed by atoms with van der Waals surface area (Å²) >= 11 is 2.06. The number of nitrogen functional groups attached to an aromatic ring is 1. The van der Waals surface area contributed by atoms with Gasteiger partial charge in [0.25, 0.3) is 11.8 Å². The molecule has 1 aromatic rings. The lowest BCUT2D eigenvalue weighted by Gasteiger charge is -2.48. The van der Waals surface area contributed by atoms with Crippen molar-refractivity contribution < 1.29 is 34.2 Å². The summed E-state index contributed by atoms with van der Waals surface area (Å²) < 4.78 is 3.85. The number of carbonyl (C=O) groups is 4. The van der Waals surface area contributed by atoms with Gasteiger partial charge in [0.1, 0.15) is 17.1 Å². The number of thioether (sulfide) groups is 1. The zero-order valence-corrected chi connectivity index (χ0v) is 16.3. The number of β-lactam (4-membered cyclic amide) rings is 1. The number of nitrogens with one attached hydrogen (secondary N) is 1. The lowest BCUT2D eigenvalue weighted by atomic mass is 10.0. The van der Waals surface area contributed by atoms with Crippen LogP contribution >= 0.6 is 23.3 Å². The van der Waals surface area contributed by atoms with Crippen LogP contribution in [0.25, 0.3) is 0 Å². The number of anilines is 1. The Hall–Kier alpha value is -3.20. The Morgan fingerprint density at radius 1 is 1.45 bits per heavy atom. The number of hydrogen-bond acceptors (Lipinski definition) is 11. The molecule has 5 N–H and O–H groups in total. The van der Waals surface area contributed by atoms with E-state index in [1.54, 1.807) is 0 Å². The Morgan fingerprint density at radius 3 is 2.76 bits per heavy atom. The third-order valence-electron chi connectivity index (χ3n) is 3.87. The summed E-state index contributed by atoms with van der Waals surface area (Å²) in [6.07, 6.45) is 0.0573. The first-order valence-electron chi connectivity index (χ1n) is 7.96. The average molecular weight is 442 g/mol. The second-order valence-corrected chi connectivity index (χ2v) is 7.69. The van der Waals surface area contributed by atoms with Crippen LogP contribution in [-0.2, 0) is 24.0 Å². The summed E-state index contributed by atoms with van der Waals surface area (Å²) in [5.74, 6) is -3.90. The highest BCUT2D eigenvalue weighted by Crippen LogP contribution is 2.37. The Kier molecular flexibility index (Phi) is 5.69. The van der Waals surface area contributed by atoms with Crippen molar-refractivity contribution in [1.29, 1.82) is 0 Å². The van der Waals surface area contributed by atoms with E-state index in [4.69, 9.17) is 15.7 Å². The number of carboxylic acid groups (broad SMARTS) is 2. The number of nitrogens with zero attached hydrogens (tertiary/aromatic N) is 4. The van der Waals surface area contributed by atoms with E-state index in [0.29, 0.717) is 5.75 Å². The summed E-state index contributed by atoms with van der Waals surface area (Å²) in [5, 5.41) is 23.5. The molecule has 0 aromatic carbocycles. The Labute approximate surface area is 170 Å². The largest absolute Gasteiger partial charge is 0.478 e. The maximum Gasteiger partial charge on any atom is 0.352 e. The predicted molar refractivity (Wildman–Crippen MR) is 99.8 cm³/mol. The molecule has 0 bridgehead atoms. The molecule has 3 rings (SSSR count). The molecule has 15 heteroatoms. The standard InChI is InChI=1S/C14H14N6O7S2/c1-4(12(23)24)27-18-6(8-17-14(15)29-19-8)9(21)16-7-10(22)20-5(13(25)26)2-3-28-11(7)20/h2,4,7,11H,3H2,1H3,(H,16,21)(H,23,24)(H,25,26)(H2,15,17,19)/b18-6-/t4?,7?,11-/m1/s1. The van der Waals surface area contributed by atoms with Gasteiger partial charge in [-0.2, -0.15) is 9.36 Å². The minimum absolute atomic E-state index is 0.0387. The molecule has 1 fully saturated rings. The molecule has 2 aliphatic heterocycles. The SMILES string of the molecule is CC(O/N=C(\C(=O)NC1C(=O)N2C(C(=O)O)=CCS[C@H]12)c1nsc(N)n1)C(=O)O. The van der Waals surface area contributed by atoms with Gasteiger partial charge in [-0.25, -0.2) is 9.59 Å². The van der Waals surface area contributed by atoms with E-state index in [9.17, 15) is 24.3 Å². The first-order valence-corrected chi connectivity index (χ1v) is 9.78. The molecule has 1 saturated heterocycles. The fourth-order valence-corrected chi connectivity index (χ4v) is 4.07. The Balaban J connectivity index is 1.78. The van der Waals surface area contributed by atoms with E-state index in [1.807, 2.05) is 0 Å². The number of carbonyl (C=O) groups excluding carboxylic acids is 2. The van der Waals surface area contributed by atoms with Crippen LogP contribution in [0.2, 0.25) is 0 Å². The van der Waals surface area contributed by atoms with Crippen LogP contribution in [0, 0.1) is 0 Å². The van der Waals surface area contributed by atoms with Crippen LogP contribution in [0.5, 0.6) is 0 Å². The van der Waals surface area contributed by atoms with Gasteiger partial charge in [0.05, 0.1) is 0 Å². The van der Waals surface area contributed by atoms with Gasteiger partial charge in [-0.1, -0.05) is 5.16 Å². The maximum atomic E-state index is 12.7. The molecular formula is C14H14N6O7S2. The monoisotopic (exact) mass is 442 g/mol. The number of hydrogen-bond donors (Lipinski definition) is 4. The van der Waals surface area contributed by atoms with Crippen LogP contribution < -0.4 is 11.1 Å². The Morgan fingerprint density at radius 2 is 2.17 bits per heavy atom. The van der Waals surface area contributed by atoms with Crippen molar-refractivity contribution in [3.63, 3.8) is 0 Å². The zero-order valence-electron chi connectivity index (χ0n) is 14.6. The van der Waals surface area contributed by atoms with Gasteiger partial charge in [-0.3, -0.25) is 14.5 Å². The lowest BCUT2D eigenvalue weighted by Crippen LogP contribution is -2.70. The van der Waals surface area contributed by atoms with Crippen molar-refractivity contribution >= 4 is 57.9 Å². The van der Waals surface area contributed by atoms with Crippen molar-refractivity contribution in [3.05, 3.63) is 17.6 Å². The fraction of sp³-hybridized carbons (Fsp3) is 0.357. The van der Waals surface area contributed by atoms with E-state index in [0.717, 1.165) is 16.4 Å². The molecule has 154 valence electrons. The van der Waals surface area contributed by atoms with Crippen molar-refractivity contribution in [2.24, 2.45) is 5.16 Å². The number of nitrogens with two attached hydrogens (primary N) is 1. The summed E-state index contributed by atoms with van der Waals surface area (Å²) in [7, 11) is 0. The molecule has 0 spiro atoms. The van der Waals surface area contributed by atoms with E-state index >= 15 is 0 Å². The van der Waals surface area contributed by atoms with Crippen LogP contribution in [0.15, 0.2) is 16.9 Å². The quantitative estimate of drug-likeness (QED) is 0.222. The molecule has 0 aliphatic carbocycles. The zero-order chi connectivity index (χ0) is 21.3. The molecule has 2 amide bonds. The van der Waals surface area contributed by atoms with Gasteiger partial charge in [0, 0.05) is 17.3 Å². The molecular weight excluding hydrogens is 428 g/mol. The highest BCUT2D eigenvalue weighted by Gasteiger charge is 2.53. The fourth-order valence-electron chi connectivity index (χ4n) is 2.44. The summed E-state index contributed by atoms with van der Waals surface area (Å²) in [6.45, 7) is 1.20. The van der Waals surface area contributed by atoms with Crippen LogP contribution in [0.3, 0.4) is 0 Å². The highest BCUT2D eigenvalue weighted by molar-refractivity contribution is 8.00. The second-order valence-electron chi connectivity index (χ2n) is 5.76. The average Bonchev–Trinajstić information content (AvgIpc) is 3.10. The van der Waals surface area contributed by atoms with Crippen LogP contribution in [0.1, 0.15) is 12.7 Å². The number of rotatable bonds is 7. The van der Waals surface area contributed by atoms with E-state index in [-0.39, 0.29) is 16.7 Å². The number of fused-ring (bicyclic) bond motifs is 1. The molecule has 0 radical (unpaired) electrons. The molecule has 3 heterocycles. The van der Waals surface area contributed by atoms with Gasteiger partial charge in [-0.15, -0.1) is 11.8 Å². The predicted octanol–water partition coefficient (Wildman–Crippen LogP) is -1.32. The Bertz CT molecular complexity index is 945. The number of aromatic nitrogens is 2. The molecule has 2 aliphatic rings. The van der Waals surface area contributed by atoms with Crippen molar-refractivity contribution in [2.45, 2.75) is 24.4 Å². The maximum absolute atomic E-state index is 12.7. The summed E-state index contributed by atoms with van der Waals surface area (Å²) in [6, 6.07) is -1.01. The molecule has 3 atom stereocenters. The molecule has 0 saturated carbocycles. The van der Waals surface area contributed by atoms with Crippen molar-refractivity contribution in [3.8, 4) is 0 Å². The number of amides is 2. The normalized spacial score (nSPS) is 22.1. The smallest absolute Gasteiger partial charge is 0.352 e. The highest BCUT2D eigenvalue weighted by atomic mass is 32.2. The lowest BCUT2D eigenvalue weighted by molar-refractivity contribution is -0.150. The van der Waals surface area contributed by atoms with Gasteiger partial charge >= 0.3 is 11.9 Å². The molecule has 13 nitrogen and oxygen atoms in total. The van der Waals surface area contributed by atoms with Gasteiger partial charge < -0.3 is 26.1 Å². The molecule has 2 unspecified atom stereocenters.